The van der Waals surface area contributed by atoms with E-state index in [9.17, 15) is 14.9 Å². The largest absolute Gasteiger partial charge is 0.345 e. The SMILES string of the molecule is CCN(C)C(=O)CNC(C)c1ccc([N+](=O)[O-])cc1. The minimum absolute atomic E-state index is 0.0243. The quantitative estimate of drug-likeness (QED) is 0.627. The topological polar surface area (TPSA) is 75.5 Å². The number of nitro benzene ring substituents is 1. The van der Waals surface area contributed by atoms with Crippen LogP contribution < -0.4 is 5.32 Å². The third-order valence-corrected chi connectivity index (χ3v) is 3.06. The Kier molecular flexibility index (Phi) is 5.44. The first-order valence-electron chi connectivity index (χ1n) is 6.17. The second-order valence-electron chi connectivity index (χ2n) is 4.36. The highest BCUT2D eigenvalue weighted by atomic mass is 16.6. The first kappa shape index (κ1) is 15.1. The first-order chi connectivity index (χ1) is 8.95. The van der Waals surface area contributed by atoms with Crippen LogP contribution in [0.3, 0.4) is 0 Å². The molecule has 0 spiro atoms. The number of benzene rings is 1. The number of nitrogens with one attached hydrogen (secondary N) is 1. The van der Waals surface area contributed by atoms with Crippen LogP contribution in [0.15, 0.2) is 24.3 Å². The molecule has 0 aliphatic heterocycles. The van der Waals surface area contributed by atoms with Crippen LogP contribution in [0, 0.1) is 10.1 Å². The summed E-state index contributed by atoms with van der Waals surface area (Å²) in [5, 5.41) is 13.6. The molecule has 0 saturated heterocycles. The number of likely N-dealkylation sites (N-methyl/N-ethyl adjacent to an activating group) is 1. The van der Waals surface area contributed by atoms with E-state index in [0.717, 1.165) is 5.56 Å². The molecule has 1 atom stereocenters. The number of nitro groups is 1. The van der Waals surface area contributed by atoms with Crippen molar-refractivity contribution in [3.63, 3.8) is 0 Å². The Morgan fingerprint density at radius 2 is 2.00 bits per heavy atom. The minimum atomic E-state index is -0.429. The Hall–Kier alpha value is -1.95. The molecular formula is C13H19N3O3. The highest BCUT2D eigenvalue weighted by Gasteiger charge is 2.11. The molecule has 0 aromatic heterocycles. The fraction of sp³-hybridized carbons (Fsp3) is 0.462. The van der Waals surface area contributed by atoms with Crippen molar-refractivity contribution in [3.05, 3.63) is 39.9 Å². The number of non-ortho nitro benzene ring substituents is 1. The van der Waals surface area contributed by atoms with E-state index in [4.69, 9.17) is 0 Å². The minimum Gasteiger partial charge on any atom is -0.345 e. The molecule has 0 fully saturated rings. The summed E-state index contributed by atoms with van der Waals surface area (Å²) in [6, 6.07) is 6.30. The zero-order valence-corrected chi connectivity index (χ0v) is 11.4. The van der Waals surface area contributed by atoms with E-state index in [0.29, 0.717) is 6.54 Å². The Morgan fingerprint density at radius 3 is 2.47 bits per heavy atom. The molecule has 1 unspecified atom stereocenters. The molecule has 0 saturated carbocycles. The highest BCUT2D eigenvalue weighted by molar-refractivity contribution is 5.77. The molecule has 0 radical (unpaired) electrons. The van der Waals surface area contributed by atoms with Crippen molar-refractivity contribution in [1.82, 2.24) is 10.2 Å². The van der Waals surface area contributed by atoms with Crippen LogP contribution in [0.5, 0.6) is 0 Å². The summed E-state index contributed by atoms with van der Waals surface area (Å²) in [5.41, 5.74) is 0.982. The Labute approximate surface area is 112 Å². The van der Waals surface area contributed by atoms with E-state index >= 15 is 0 Å². The Bertz CT molecular complexity index is 445. The summed E-state index contributed by atoms with van der Waals surface area (Å²) in [5.74, 6) is 0.0243. The first-order valence-corrected chi connectivity index (χ1v) is 6.17. The molecule has 1 aromatic carbocycles. The van der Waals surface area contributed by atoms with Gasteiger partial charge in [0, 0.05) is 31.8 Å². The smallest absolute Gasteiger partial charge is 0.269 e. The lowest BCUT2D eigenvalue weighted by molar-refractivity contribution is -0.384. The maximum Gasteiger partial charge on any atom is 0.269 e. The van der Waals surface area contributed by atoms with Gasteiger partial charge in [-0.2, -0.15) is 0 Å². The summed E-state index contributed by atoms with van der Waals surface area (Å²) in [6.07, 6.45) is 0. The van der Waals surface area contributed by atoms with E-state index in [1.165, 1.54) is 12.1 Å². The predicted molar refractivity (Wildman–Crippen MR) is 72.8 cm³/mol. The van der Waals surface area contributed by atoms with Gasteiger partial charge in [-0.3, -0.25) is 14.9 Å². The van der Waals surface area contributed by atoms with Gasteiger partial charge >= 0.3 is 0 Å². The Balaban J connectivity index is 2.56. The zero-order valence-electron chi connectivity index (χ0n) is 11.4. The van der Waals surface area contributed by atoms with Gasteiger partial charge in [0.05, 0.1) is 11.5 Å². The average Bonchev–Trinajstić information content (AvgIpc) is 2.43. The molecule has 0 heterocycles. The normalized spacial score (nSPS) is 11.9. The molecule has 1 aromatic rings. The van der Waals surface area contributed by atoms with Crippen molar-refractivity contribution >= 4 is 11.6 Å². The number of rotatable bonds is 6. The van der Waals surface area contributed by atoms with Crippen molar-refractivity contribution in [2.24, 2.45) is 0 Å². The van der Waals surface area contributed by atoms with E-state index in [-0.39, 0.29) is 24.2 Å². The summed E-state index contributed by atoms with van der Waals surface area (Å²) in [4.78, 5) is 23.4. The maximum atomic E-state index is 11.6. The van der Waals surface area contributed by atoms with E-state index in [1.54, 1.807) is 24.1 Å². The molecule has 1 N–H and O–H groups in total. The van der Waals surface area contributed by atoms with Gasteiger partial charge in [-0.25, -0.2) is 0 Å². The fourth-order valence-corrected chi connectivity index (χ4v) is 1.55. The molecule has 19 heavy (non-hydrogen) atoms. The van der Waals surface area contributed by atoms with E-state index in [2.05, 4.69) is 5.32 Å². The lowest BCUT2D eigenvalue weighted by Gasteiger charge is -2.18. The molecule has 6 nitrogen and oxygen atoms in total. The number of hydrogen-bond acceptors (Lipinski definition) is 4. The van der Waals surface area contributed by atoms with Crippen LogP contribution in [0.1, 0.15) is 25.5 Å². The van der Waals surface area contributed by atoms with Gasteiger partial charge in [-0.15, -0.1) is 0 Å². The molecule has 1 rings (SSSR count). The number of nitrogens with zero attached hydrogens (tertiary/aromatic N) is 2. The highest BCUT2D eigenvalue weighted by Crippen LogP contribution is 2.17. The van der Waals surface area contributed by atoms with Crippen LogP contribution in [-0.2, 0) is 4.79 Å². The van der Waals surface area contributed by atoms with Crippen LogP contribution in [0.4, 0.5) is 5.69 Å². The molecule has 0 aliphatic carbocycles. The van der Waals surface area contributed by atoms with Crippen molar-refractivity contribution in [1.29, 1.82) is 0 Å². The van der Waals surface area contributed by atoms with Crippen LogP contribution in [0.2, 0.25) is 0 Å². The van der Waals surface area contributed by atoms with Gasteiger partial charge in [-0.05, 0) is 19.4 Å². The predicted octanol–water partition coefficient (Wildman–Crippen LogP) is 1.72. The lowest BCUT2D eigenvalue weighted by atomic mass is 10.1. The monoisotopic (exact) mass is 265 g/mol. The standard InChI is InChI=1S/C13H19N3O3/c1-4-15(3)13(17)9-14-10(2)11-5-7-12(8-6-11)16(18)19/h5-8,10,14H,4,9H2,1-3H3. The van der Waals surface area contributed by atoms with E-state index in [1.807, 2.05) is 13.8 Å². The third-order valence-electron chi connectivity index (χ3n) is 3.06. The summed E-state index contributed by atoms with van der Waals surface area (Å²) < 4.78 is 0. The average molecular weight is 265 g/mol. The number of carbonyl (C=O) groups is 1. The van der Waals surface area contributed by atoms with Gasteiger partial charge in [0.15, 0.2) is 0 Å². The molecule has 0 bridgehead atoms. The fourth-order valence-electron chi connectivity index (χ4n) is 1.55. The van der Waals surface area contributed by atoms with Crippen LogP contribution in [-0.4, -0.2) is 35.9 Å². The maximum absolute atomic E-state index is 11.6. The van der Waals surface area contributed by atoms with Gasteiger partial charge < -0.3 is 10.2 Å². The number of carbonyl (C=O) groups excluding carboxylic acids is 1. The molecule has 0 aliphatic rings. The van der Waals surface area contributed by atoms with Gasteiger partial charge in [0.2, 0.25) is 5.91 Å². The molecular weight excluding hydrogens is 246 g/mol. The second kappa shape index (κ2) is 6.84. The summed E-state index contributed by atoms with van der Waals surface area (Å²) >= 11 is 0. The van der Waals surface area contributed by atoms with E-state index < -0.39 is 4.92 Å². The summed E-state index contributed by atoms with van der Waals surface area (Å²) in [7, 11) is 1.75. The van der Waals surface area contributed by atoms with Gasteiger partial charge in [0.1, 0.15) is 0 Å². The van der Waals surface area contributed by atoms with Crippen molar-refractivity contribution in [2.45, 2.75) is 19.9 Å². The zero-order chi connectivity index (χ0) is 14.4. The van der Waals surface area contributed by atoms with Gasteiger partial charge in [-0.1, -0.05) is 12.1 Å². The van der Waals surface area contributed by atoms with Crippen molar-refractivity contribution in [3.8, 4) is 0 Å². The molecule has 104 valence electrons. The van der Waals surface area contributed by atoms with Crippen LogP contribution >= 0.6 is 0 Å². The number of hydrogen-bond donors (Lipinski definition) is 1. The van der Waals surface area contributed by atoms with Gasteiger partial charge in [0.25, 0.3) is 5.69 Å². The van der Waals surface area contributed by atoms with Crippen molar-refractivity contribution < 1.29 is 9.72 Å². The van der Waals surface area contributed by atoms with Crippen molar-refractivity contribution in [2.75, 3.05) is 20.1 Å². The molecule has 6 heteroatoms. The second-order valence-corrected chi connectivity index (χ2v) is 4.36. The molecule has 1 amide bonds. The number of amides is 1. The lowest BCUT2D eigenvalue weighted by Crippen LogP contribution is -2.36. The third kappa shape index (κ3) is 4.33. The Morgan fingerprint density at radius 1 is 1.42 bits per heavy atom. The van der Waals surface area contributed by atoms with Crippen LogP contribution in [0.25, 0.3) is 0 Å². The summed E-state index contributed by atoms with van der Waals surface area (Å²) in [6.45, 7) is 4.76.